The summed E-state index contributed by atoms with van der Waals surface area (Å²) in [5.41, 5.74) is 0.964. The highest BCUT2D eigenvalue weighted by molar-refractivity contribution is 6.06. The summed E-state index contributed by atoms with van der Waals surface area (Å²) in [5.74, 6) is 0.523. The van der Waals surface area contributed by atoms with Crippen molar-refractivity contribution >= 4 is 17.7 Å². The summed E-state index contributed by atoms with van der Waals surface area (Å²) in [6.07, 6.45) is 0.849. The van der Waals surface area contributed by atoms with Gasteiger partial charge in [-0.25, -0.2) is 0 Å². The molecule has 0 unspecified atom stereocenters. The van der Waals surface area contributed by atoms with Crippen LogP contribution >= 0.6 is 0 Å². The minimum absolute atomic E-state index is 0.0441. The van der Waals surface area contributed by atoms with E-state index in [-0.39, 0.29) is 31.4 Å². The Hall–Kier alpha value is -2.57. The molecule has 3 rings (SSSR count). The van der Waals surface area contributed by atoms with Gasteiger partial charge in [0.2, 0.25) is 24.5 Å². The normalized spacial score (nSPS) is 18.9. The molecule has 0 saturated carbocycles. The third-order valence-electron chi connectivity index (χ3n) is 4.05. The lowest BCUT2D eigenvalue weighted by Gasteiger charge is -2.25. The minimum Gasteiger partial charge on any atom is -0.454 e. The zero-order chi connectivity index (χ0) is 16.4. The van der Waals surface area contributed by atoms with Crippen molar-refractivity contribution in [3.8, 4) is 11.5 Å². The number of aryl methyl sites for hydroxylation is 1. The number of ether oxygens (including phenoxy) is 2. The highest BCUT2D eigenvalue weighted by Gasteiger charge is 2.36. The van der Waals surface area contributed by atoms with Crippen molar-refractivity contribution in [3.05, 3.63) is 23.8 Å². The summed E-state index contributed by atoms with van der Waals surface area (Å²) in [4.78, 5) is 36.9. The maximum absolute atomic E-state index is 12.4. The molecule has 2 aliphatic rings. The van der Waals surface area contributed by atoms with Gasteiger partial charge in [-0.3, -0.25) is 19.7 Å². The second-order valence-corrected chi connectivity index (χ2v) is 5.50. The molecule has 0 radical (unpaired) electrons. The lowest BCUT2D eigenvalue weighted by molar-refractivity contribution is -0.138. The highest BCUT2D eigenvalue weighted by Crippen LogP contribution is 2.32. The van der Waals surface area contributed by atoms with E-state index in [0.717, 1.165) is 5.56 Å². The number of fused-ring (bicyclic) bond motifs is 1. The molecule has 2 aliphatic heterocycles. The first-order chi connectivity index (χ1) is 11.1. The topological polar surface area (TPSA) is 84.9 Å². The first-order valence-corrected chi connectivity index (χ1v) is 7.60. The summed E-state index contributed by atoms with van der Waals surface area (Å²) in [7, 11) is 0. The van der Waals surface area contributed by atoms with Crippen LogP contribution in [0.4, 0.5) is 0 Å². The van der Waals surface area contributed by atoms with Crippen molar-refractivity contribution in [1.82, 2.24) is 10.2 Å². The number of carbonyl (C=O) groups is 3. The van der Waals surface area contributed by atoms with Crippen LogP contribution in [-0.2, 0) is 20.8 Å². The van der Waals surface area contributed by atoms with E-state index in [2.05, 4.69) is 5.32 Å². The van der Waals surface area contributed by atoms with E-state index in [0.29, 0.717) is 24.5 Å². The van der Waals surface area contributed by atoms with Gasteiger partial charge >= 0.3 is 0 Å². The molecule has 23 heavy (non-hydrogen) atoms. The average Bonchev–Trinajstić information content (AvgIpc) is 3.12. The van der Waals surface area contributed by atoms with Crippen LogP contribution in [0.1, 0.15) is 25.3 Å². The largest absolute Gasteiger partial charge is 0.454 e. The minimum atomic E-state index is -0.684. The molecule has 1 aromatic rings. The van der Waals surface area contributed by atoms with E-state index in [1.54, 1.807) is 6.92 Å². The lowest BCUT2D eigenvalue weighted by Crippen LogP contribution is -2.44. The lowest BCUT2D eigenvalue weighted by atomic mass is 10.1. The molecule has 1 saturated heterocycles. The Kier molecular flexibility index (Phi) is 4.18. The molecule has 122 valence electrons. The Balaban J connectivity index is 1.61. The van der Waals surface area contributed by atoms with Crippen LogP contribution in [0.5, 0.6) is 11.5 Å². The van der Waals surface area contributed by atoms with Crippen molar-refractivity contribution in [2.24, 2.45) is 0 Å². The summed E-state index contributed by atoms with van der Waals surface area (Å²) >= 11 is 0. The molecule has 1 aromatic carbocycles. The van der Waals surface area contributed by atoms with Crippen LogP contribution in [0.2, 0.25) is 0 Å². The molecular formula is C16H18N2O5. The van der Waals surface area contributed by atoms with E-state index < -0.39 is 11.9 Å². The van der Waals surface area contributed by atoms with E-state index in [1.165, 1.54) is 4.90 Å². The molecule has 0 aromatic heterocycles. The van der Waals surface area contributed by atoms with Crippen molar-refractivity contribution in [3.63, 3.8) is 0 Å². The monoisotopic (exact) mass is 318 g/mol. The third-order valence-corrected chi connectivity index (χ3v) is 4.05. The Bertz CT molecular complexity index is 658. The molecule has 0 aliphatic carbocycles. The fraction of sp³-hybridized carbons (Fsp3) is 0.438. The second-order valence-electron chi connectivity index (χ2n) is 5.50. The molecule has 3 amide bonds. The number of imide groups is 1. The fourth-order valence-electron chi connectivity index (χ4n) is 2.85. The number of nitrogens with one attached hydrogen (secondary N) is 1. The Morgan fingerprint density at radius 1 is 1.30 bits per heavy atom. The Morgan fingerprint density at radius 2 is 2.09 bits per heavy atom. The van der Waals surface area contributed by atoms with Crippen LogP contribution in [-0.4, -0.2) is 42.0 Å². The van der Waals surface area contributed by atoms with Gasteiger partial charge in [0, 0.05) is 13.0 Å². The van der Waals surface area contributed by atoms with Crippen molar-refractivity contribution in [2.75, 3.05) is 13.3 Å². The predicted molar refractivity (Wildman–Crippen MR) is 79.8 cm³/mol. The van der Waals surface area contributed by atoms with Gasteiger partial charge in [-0.2, -0.15) is 0 Å². The summed E-state index contributed by atoms with van der Waals surface area (Å²) in [6, 6.07) is 4.89. The number of nitrogens with zero attached hydrogens (tertiary/aromatic N) is 1. The standard InChI is InChI=1S/C16H18N2O5/c1-2-18(11-8-14(19)17-16(11)21)15(20)6-4-10-3-5-12-13(7-10)23-9-22-12/h3,5,7,11H,2,4,6,8-9H2,1H3,(H,17,19,21)/t11-/m0/s1. The predicted octanol–water partition coefficient (Wildman–Crippen LogP) is 0.611. The first-order valence-electron chi connectivity index (χ1n) is 7.60. The zero-order valence-corrected chi connectivity index (χ0v) is 12.8. The maximum Gasteiger partial charge on any atom is 0.249 e. The van der Waals surface area contributed by atoms with Gasteiger partial charge in [-0.15, -0.1) is 0 Å². The number of likely N-dealkylation sites (N-methyl/N-ethyl adjacent to an activating group) is 1. The smallest absolute Gasteiger partial charge is 0.249 e. The Morgan fingerprint density at radius 3 is 2.78 bits per heavy atom. The van der Waals surface area contributed by atoms with E-state index in [4.69, 9.17) is 9.47 Å². The fourth-order valence-corrected chi connectivity index (χ4v) is 2.85. The third kappa shape index (κ3) is 3.13. The van der Waals surface area contributed by atoms with E-state index in [9.17, 15) is 14.4 Å². The Labute approximate surface area is 133 Å². The number of rotatable bonds is 5. The molecule has 1 N–H and O–H groups in total. The molecule has 1 fully saturated rings. The summed E-state index contributed by atoms with van der Waals surface area (Å²) < 4.78 is 10.6. The average molecular weight is 318 g/mol. The summed E-state index contributed by atoms with van der Waals surface area (Å²) in [6.45, 7) is 2.41. The molecule has 0 bridgehead atoms. The van der Waals surface area contributed by atoms with Crippen LogP contribution in [0, 0.1) is 0 Å². The molecule has 1 atom stereocenters. The number of hydrogen-bond donors (Lipinski definition) is 1. The molecule has 7 nitrogen and oxygen atoms in total. The van der Waals surface area contributed by atoms with Crippen molar-refractivity contribution < 1.29 is 23.9 Å². The number of hydrogen-bond acceptors (Lipinski definition) is 5. The number of amides is 3. The van der Waals surface area contributed by atoms with Gasteiger partial charge in [0.15, 0.2) is 11.5 Å². The van der Waals surface area contributed by atoms with Crippen LogP contribution in [0.15, 0.2) is 18.2 Å². The van der Waals surface area contributed by atoms with E-state index >= 15 is 0 Å². The SMILES string of the molecule is CCN(C(=O)CCc1ccc2c(c1)OCO2)[C@H]1CC(=O)NC1=O. The first kappa shape index (κ1) is 15.3. The zero-order valence-electron chi connectivity index (χ0n) is 12.8. The van der Waals surface area contributed by atoms with Gasteiger partial charge < -0.3 is 14.4 Å². The summed E-state index contributed by atoms with van der Waals surface area (Å²) in [5, 5.41) is 2.24. The van der Waals surface area contributed by atoms with Gasteiger partial charge in [0.25, 0.3) is 0 Å². The molecule has 7 heteroatoms. The molecule has 2 heterocycles. The maximum atomic E-state index is 12.4. The number of benzene rings is 1. The number of carbonyl (C=O) groups excluding carboxylic acids is 3. The molecular weight excluding hydrogens is 300 g/mol. The highest BCUT2D eigenvalue weighted by atomic mass is 16.7. The molecule has 0 spiro atoms. The van der Waals surface area contributed by atoms with Gasteiger partial charge in [-0.05, 0) is 31.0 Å². The van der Waals surface area contributed by atoms with Crippen molar-refractivity contribution in [1.29, 1.82) is 0 Å². The van der Waals surface area contributed by atoms with Crippen molar-refractivity contribution in [2.45, 2.75) is 32.2 Å². The van der Waals surface area contributed by atoms with Crippen LogP contribution < -0.4 is 14.8 Å². The van der Waals surface area contributed by atoms with Gasteiger partial charge in [0.05, 0.1) is 6.42 Å². The quantitative estimate of drug-likeness (QED) is 0.804. The van der Waals surface area contributed by atoms with Gasteiger partial charge in [0.1, 0.15) is 6.04 Å². The van der Waals surface area contributed by atoms with Gasteiger partial charge in [-0.1, -0.05) is 6.07 Å². The van der Waals surface area contributed by atoms with Crippen LogP contribution in [0.3, 0.4) is 0 Å². The van der Waals surface area contributed by atoms with E-state index in [1.807, 2.05) is 18.2 Å². The van der Waals surface area contributed by atoms with Crippen LogP contribution in [0.25, 0.3) is 0 Å². The second kappa shape index (κ2) is 6.28.